The molecule has 0 saturated carbocycles. The van der Waals surface area contributed by atoms with Gasteiger partial charge in [-0.3, -0.25) is 4.90 Å². The van der Waals surface area contributed by atoms with Crippen LogP contribution in [0.5, 0.6) is 5.75 Å². The summed E-state index contributed by atoms with van der Waals surface area (Å²) in [6.07, 6.45) is 3.48. The third-order valence-corrected chi connectivity index (χ3v) is 7.93. The summed E-state index contributed by atoms with van der Waals surface area (Å²) in [4.78, 5) is 15.3. The van der Waals surface area contributed by atoms with E-state index in [0.717, 1.165) is 67.8 Å². The molecule has 5 nitrogen and oxygen atoms in total. The standard InChI is InChI=1S/C28H35FN2O3/c1-4-33-21-7-5-6-19(14-21)22-15-20-8-11-28(2,3)26(23(20)16-24(22)29)30-27(32)34-25-17-31-12-9-18(25)10-13-31/h5-7,14-16,18,25-26H,4,8-13,17H2,1-3H3,(H,30,32)/t25-,26-/m0/s1. The van der Waals surface area contributed by atoms with E-state index in [-0.39, 0.29) is 23.4 Å². The average molecular weight is 467 g/mol. The number of carbonyl (C=O) groups is 1. The molecule has 2 bridgehead atoms. The molecule has 2 aromatic carbocycles. The van der Waals surface area contributed by atoms with E-state index in [4.69, 9.17) is 9.47 Å². The minimum absolute atomic E-state index is 0.0506. The number of rotatable bonds is 5. The van der Waals surface area contributed by atoms with Gasteiger partial charge in [0.2, 0.25) is 0 Å². The van der Waals surface area contributed by atoms with Crippen molar-refractivity contribution in [3.8, 4) is 16.9 Å². The van der Waals surface area contributed by atoms with Gasteiger partial charge >= 0.3 is 6.09 Å². The number of fused-ring (bicyclic) bond motifs is 4. The summed E-state index contributed by atoms with van der Waals surface area (Å²) in [5, 5.41) is 3.12. The van der Waals surface area contributed by atoms with Crippen molar-refractivity contribution in [2.75, 3.05) is 26.2 Å². The van der Waals surface area contributed by atoms with Crippen LogP contribution in [0.3, 0.4) is 0 Å². The second kappa shape index (κ2) is 9.21. The Bertz CT molecular complexity index is 1060. The predicted octanol–water partition coefficient (Wildman–Crippen LogP) is 5.73. The molecule has 3 fully saturated rings. The lowest BCUT2D eigenvalue weighted by Gasteiger charge is -2.44. The number of piperidine rings is 3. The van der Waals surface area contributed by atoms with Gasteiger partial charge in [0.1, 0.15) is 17.7 Å². The number of hydrogen-bond acceptors (Lipinski definition) is 4. The first-order valence-electron chi connectivity index (χ1n) is 12.6. The van der Waals surface area contributed by atoms with Gasteiger partial charge in [0, 0.05) is 12.1 Å². The number of benzene rings is 2. The Labute approximate surface area is 201 Å². The van der Waals surface area contributed by atoms with Crippen molar-refractivity contribution in [1.29, 1.82) is 0 Å². The minimum Gasteiger partial charge on any atom is -0.494 e. The Morgan fingerprint density at radius 1 is 1.21 bits per heavy atom. The molecule has 4 aliphatic rings. The summed E-state index contributed by atoms with van der Waals surface area (Å²) in [6.45, 7) is 9.78. The number of hydrogen-bond donors (Lipinski definition) is 1. The van der Waals surface area contributed by atoms with E-state index < -0.39 is 6.09 Å². The third-order valence-electron chi connectivity index (χ3n) is 7.93. The van der Waals surface area contributed by atoms with Crippen molar-refractivity contribution in [3.05, 3.63) is 53.3 Å². The lowest BCUT2D eigenvalue weighted by Crippen LogP contribution is -2.53. The molecular weight excluding hydrogens is 431 g/mol. The molecule has 182 valence electrons. The number of halogens is 1. The van der Waals surface area contributed by atoms with Crippen LogP contribution in [0.1, 0.15) is 57.2 Å². The highest BCUT2D eigenvalue weighted by molar-refractivity contribution is 5.70. The van der Waals surface area contributed by atoms with Crippen molar-refractivity contribution in [2.45, 2.75) is 58.6 Å². The second-order valence-corrected chi connectivity index (χ2v) is 10.6. The number of nitrogens with one attached hydrogen (secondary N) is 1. The van der Waals surface area contributed by atoms with Crippen LogP contribution in [-0.2, 0) is 11.2 Å². The first kappa shape index (κ1) is 23.2. The number of carbonyl (C=O) groups excluding carboxylic acids is 1. The third kappa shape index (κ3) is 4.52. The molecule has 0 aromatic heterocycles. The zero-order valence-electron chi connectivity index (χ0n) is 20.4. The van der Waals surface area contributed by atoms with Crippen LogP contribution in [0.15, 0.2) is 36.4 Å². The highest BCUT2D eigenvalue weighted by Crippen LogP contribution is 2.45. The number of ether oxygens (including phenoxy) is 2. The monoisotopic (exact) mass is 466 g/mol. The zero-order chi connectivity index (χ0) is 23.9. The Balaban J connectivity index is 1.38. The van der Waals surface area contributed by atoms with Crippen LogP contribution in [0, 0.1) is 17.2 Å². The molecule has 0 radical (unpaired) electrons. The molecule has 1 aliphatic carbocycles. The maximum Gasteiger partial charge on any atom is 0.407 e. The van der Waals surface area contributed by atoms with Gasteiger partial charge in [0.15, 0.2) is 0 Å². The van der Waals surface area contributed by atoms with Crippen molar-refractivity contribution >= 4 is 6.09 Å². The predicted molar refractivity (Wildman–Crippen MR) is 130 cm³/mol. The fourth-order valence-corrected chi connectivity index (χ4v) is 5.89. The van der Waals surface area contributed by atoms with Crippen molar-refractivity contribution < 1.29 is 18.7 Å². The fourth-order valence-electron chi connectivity index (χ4n) is 5.89. The summed E-state index contributed by atoms with van der Waals surface area (Å²) in [5.74, 6) is 0.894. The SMILES string of the molecule is CCOc1cccc(-c2cc3c(cc2F)[C@H](NC(=O)O[C@H]2CN4CCC2CC4)C(C)(C)CC3)c1. The van der Waals surface area contributed by atoms with Gasteiger partial charge < -0.3 is 14.8 Å². The van der Waals surface area contributed by atoms with Crippen LogP contribution in [0.25, 0.3) is 11.1 Å². The molecule has 0 unspecified atom stereocenters. The molecule has 3 aliphatic heterocycles. The molecule has 34 heavy (non-hydrogen) atoms. The van der Waals surface area contributed by atoms with E-state index in [2.05, 4.69) is 24.1 Å². The highest BCUT2D eigenvalue weighted by Gasteiger charge is 2.40. The Morgan fingerprint density at radius 2 is 2.00 bits per heavy atom. The van der Waals surface area contributed by atoms with Crippen LogP contribution in [0.2, 0.25) is 0 Å². The molecule has 2 aromatic rings. The number of alkyl carbamates (subject to hydrolysis) is 1. The van der Waals surface area contributed by atoms with Gasteiger partial charge in [-0.15, -0.1) is 0 Å². The molecule has 3 saturated heterocycles. The quantitative estimate of drug-likeness (QED) is 0.612. The number of nitrogens with zero attached hydrogens (tertiary/aromatic N) is 1. The normalized spacial score (nSPS) is 27.1. The molecule has 0 spiro atoms. The van der Waals surface area contributed by atoms with Crippen LogP contribution in [0.4, 0.5) is 9.18 Å². The van der Waals surface area contributed by atoms with Gasteiger partial charge in [0.25, 0.3) is 0 Å². The van der Waals surface area contributed by atoms with Gasteiger partial charge in [-0.05, 0) is 98.0 Å². The summed E-state index contributed by atoms with van der Waals surface area (Å²) < 4.78 is 26.9. The van der Waals surface area contributed by atoms with Crippen molar-refractivity contribution in [2.24, 2.45) is 11.3 Å². The van der Waals surface area contributed by atoms with E-state index >= 15 is 4.39 Å². The van der Waals surface area contributed by atoms with E-state index in [1.807, 2.05) is 37.3 Å². The summed E-state index contributed by atoms with van der Waals surface area (Å²) in [7, 11) is 0. The van der Waals surface area contributed by atoms with Crippen molar-refractivity contribution in [3.63, 3.8) is 0 Å². The fraction of sp³-hybridized carbons (Fsp3) is 0.536. The Morgan fingerprint density at radius 3 is 2.71 bits per heavy atom. The largest absolute Gasteiger partial charge is 0.494 e. The van der Waals surface area contributed by atoms with Crippen molar-refractivity contribution in [1.82, 2.24) is 10.2 Å². The van der Waals surface area contributed by atoms with Crippen LogP contribution < -0.4 is 10.1 Å². The molecule has 6 rings (SSSR count). The lowest BCUT2D eigenvalue weighted by atomic mass is 9.70. The lowest BCUT2D eigenvalue weighted by molar-refractivity contribution is -0.0353. The van der Waals surface area contributed by atoms with Gasteiger partial charge in [-0.1, -0.05) is 26.0 Å². The molecule has 6 heteroatoms. The molecule has 2 atom stereocenters. The summed E-state index contributed by atoms with van der Waals surface area (Å²) in [6, 6.07) is 10.8. The number of aryl methyl sites for hydroxylation is 1. The summed E-state index contributed by atoms with van der Waals surface area (Å²) >= 11 is 0. The smallest absolute Gasteiger partial charge is 0.407 e. The average Bonchev–Trinajstić information content (AvgIpc) is 2.82. The minimum atomic E-state index is -0.390. The number of amides is 1. The van der Waals surface area contributed by atoms with Gasteiger partial charge in [-0.2, -0.15) is 0 Å². The molecule has 3 heterocycles. The van der Waals surface area contributed by atoms with Crippen LogP contribution >= 0.6 is 0 Å². The molecule has 1 amide bonds. The van der Waals surface area contributed by atoms with Crippen LogP contribution in [-0.4, -0.2) is 43.3 Å². The van der Waals surface area contributed by atoms with E-state index in [9.17, 15) is 4.79 Å². The van der Waals surface area contributed by atoms with Gasteiger partial charge in [-0.25, -0.2) is 9.18 Å². The maximum absolute atomic E-state index is 15.4. The zero-order valence-corrected chi connectivity index (χ0v) is 20.4. The molecule has 1 N–H and O–H groups in total. The first-order valence-corrected chi connectivity index (χ1v) is 12.6. The van der Waals surface area contributed by atoms with E-state index in [0.29, 0.717) is 18.1 Å². The molecular formula is C28H35FN2O3. The van der Waals surface area contributed by atoms with Gasteiger partial charge in [0.05, 0.1) is 12.6 Å². The Hall–Kier alpha value is -2.60. The summed E-state index contributed by atoms with van der Waals surface area (Å²) in [5.41, 5.74) is 3.08. The maximum atomic E-state index is 15.4. The second-order valence-electron chi connectivity index (χ2n) is 10.6. The topological polar surface area (TPSA) is 50.8 Å². The first-order chi connectivity index (χ1) is 16.3. The highest BCUT2D eigenvalue weighted by atomic mass is 19.1. The Kier molecular flexibility index (Phi) is 6.28. The van der Waals surface area contributed by atoms with E-state index in [1.54, 1.807) is 6.07 Å². The van der Waals surface area contributed by atoms with E-state index in [1.165, 1.54) is 0 Å².